The van der Waals surface area contributed by atoms with Gasteiger partial charge in [0.05, 0.1) is 10.9 Å². The number of hydrogen-bond donors (Lipinski definition) is 2. The lowest BCUT2D eigenvalue weighted by molar-refractivity contribution is -0.124. The van der Waals surface area contributed by atoms with E-state index in [1.807, 2.05) is 27.7 Å². The first-order valence-electron chi connectivity index (χ1n) is 4.89. The van der Waals surface area contributed by atoms with Gasteiger partial charge in [-0.2, -0.15) is 0 Å². The van der Waals surface area contributed by atoms with E-state index in [-0.39, 0.29) is 22.4 Å². The molecule has 0 aromatic rings. The second-order valence-electron chi connectivity index (χ2n) is 4.48. The van der Waals surface area contributed by atoms with Crippen LogP contribution in [0.1, 0.15) is 40.5 Å². The highest BCUT2D eigenvalue weighted by atomic mass is 32.1. The maximum Gasteiger partial charge on any atom is 0.230 e. The molecular formula is C10H20N2OS. The van der Waals surface area contributed by atoms with Gasteiger partial charge in [-0.25, -0.2) is 0 Å². The lowest BCUT2D eigenvalue weighted by Crippen LogP contribution is -2.46. The van der Waals surface area contributed by atoms with Gasteiger partial charge >= 0.3 is 0 Å². The number of carbonyl (C=O) groups excluding carboxylic acids is 1. The summed E-state index contributed by atoms with van der Waals surface area (Å²) in [6.45, 7) is 7.82. The molecule has 0 aromatic heterocycles. The Kier molecular flexibility index (Phi) is 5.05. The van der Waals surface area contributed by atoms with E-state index >= 15 is 0 Å². The molecule has 3 N–H and O–H groups in total. The molecule has 0 radical (unpaired) electrons. The Morgan fingerprint density at radius 1 is 1.50 bits per heavy atom. The minimum atomic E-state index is -0.325. The number of rotatable bonds is 4. The zero-order valence-corrected chi connectivity index (χ0v) is 10.2. The molecule has 0 rings (SSSR count). The molecule has 14 heavy (non-hydrogen) atoms. The fourth-order valence-electron chi connectivity index (χ4n) is 1.15. The number of thiocarbonyl (C=S) groups is 1. The van der Waals surface area contributed by atoms with Gasteiger partial charge in [0.2, 0.25) is 5.91 Å². The Hall–Kier alpha value is -0.640. The molecule has 1 unspecified atom stereocenters. The second-order valence-corrected chi connectivity index (χ2v) is 4.95. The van der Waals surface area contributed by atoms with E-state index in [4.69, 9.17) is 18.0 Å². The first-order valence-corrected chi connectivity index (χ1v) is 5.30. The first kappa shape index (κ1) is 13.4. The van der Waals surface area contributed by atoms with E-state index < -0.39 is 0 Å². The monoisotopic (exact) mass is 216 g/mol. The number of amides is 1. The van der Waals surface area contributed by atoms with Crippen molar-refractivity contribution in [2.45, 2.75) is 46.1 Å². The minimum absolute atomic E-state index is 0.0631. The Labute approximate surface area is 91.4 Å². The average Bonchev–Trinajstić information content (AvgIpc) is 1.95. The maximum absolute atomic E-state index is 11.7. The topological polar surface area (TPSA) is 55.1 Å². The van der Waals surface area contributed by atoms with Gasteiger partial charge in [-0.15, -0.1) is 0 Å². The molecule has 0 saturated carbocycles. The summed E-state index contributed by atoms with van der Waals surface area (Å²) in [6, 6.07) is 0. The van der Waals surface area contributed by atoms with Gasteiger partial charge in [-0.3, -0.25) is 4.79 Å². The van der Waals surface area contributed by atoms with Crippen molar-refractivity contribution in [2.24, 2.45) is 11.7 Å². The third-order valence-corrected chi connectivity index (χ3v) is 2.02. The summed E-state index contributed by atoms with van der Waals surface area (Å²) in [5.74, 6) is -0.388. The fraction of sp³-hybridized carbons (Fsp3) is 0.800. The normalized spacial score (nSPS) is 13.4. The van der Waals surface area contributed by atoms with Crippen LogP contribution in [0.25, 0.3) is 0 Å². The van der Waals surface area contributed by atoms with E-state index in [1.165, 1.54) is 0 Å². The van der Waals surface area contributed by atoms with E-state index in [9.17, 15) is 4.79 Å². The highest BCUT2D eigenvalue weighted by molar-refractivity contribution is 7.80. The molecular weight excluding hydrogens is 196 g/mol. The summed E-state index contributed by atoms with van der Waals surface area (Å²) in [7, 11) is 0. The lowest BCUT2D eigenvalue weighted by atomic mass is 10.0. The highest BCUT2D eigenvalue weighted by Gasteiger charge is 2.23. The molecule has 0 bridgehead atoms. The van der Waals surface area contributed by atoms with Crippen LogP contribution in [0, 0.1) is 5.92 Å². The molecule has 1 amide bonds. The molecule has 82 valence electrons. The smallest absolute Gasteiger partial charge is 0.230 e. The van der Waals surface area contributed by atoms with Crippen molar-refractivity contribution in [3.63, 3.8) is 0 Å². The zero-order valence-electron chi connectivity index (χ0n) is 9.39. The third kappa shape index (κ3) is 5.17. The van der Waals surface area contributed by atoms with Crippen LogP contribution in [-0.2, 0) is 4.79 Å². The SMILES string of the molecule is CCCC(C(=O)NC(C)(C)C)C(N)=S. The molecule has 3 nitrogen and oxygen atoms in total. The van der Waals surface area contributed by atoms with Crippen LogP contribution in [0.4, 0.5) is 0 Å². The van der Waals surface area contributed by atoms with Crippen molar-refractivity contribution in [1.82, 2.24) is 5.32 Å². The Bertz CT molecular complexity index is 221. The minimum Gasteiger partial charge on any atom is -0.393 e. The summed E-state index contributed by atoms with van der Waals surface area (Å²) in [4.78, 5) is 12.0. The average molecular weight is 216 g/mol. The maximum atomic E-state index is 11.7. The van der Waals surface area contributed by atoms with Crippen LogP contribution in [-0.4, -0.2) is 16.4 Å². The zero-order chi connectivity index (χ0) is 11.4. The van der Waals surface area contributed by atoms with Crippen molar-refractivity contribution in [3.05, 3.63) is 0 Å². The number of carbonyl (C=O) groups is 1. The molecule has 0 aliphatic heterocycles. The third-order valence-electron chi connectivity index (χ3n) is 1.74. The van der Waals surface area contributed by atoms with E-state index in [2.05, 4.69) is 5.32 Å². The summed E-state index contributed by atoms with van der Waals surface area (Å²) in [5, 5.41) is 2.88. The molecule has 0 saturated heterocycles. The fourth-order valence-corrected chi connectivity index (χ4v) is 1.37. The largest absolute Gasteiger partial charge is 0.393 e. The van der Waals surface area contributed by atoms with Crippen molar-refractivity contribution < 1.29 is 4.79 Å². The van der Waals surface area contributed by atoms with Crippen molar-refractivity contribution in [3.8, 4) is 0 Å². The number of nitrogens with one attached hydrogen (secondary N) is 1. The van der Waals surface area contributed by atoms with Gasteiger partial charge in [0.1, 0.15) is 0 Å². The van der Waals surface area contributed by atoms with Crippen molar-refractivity contribution >= 4 is 23.1 Å². The van der Waals surface area contributed by atoms with E-state index in [0.717, 1.165) is 12.8 Å². The van der Waals surface area contributed by atoms with Crippen molar-refractivity contribution in [1.29, 1.82) is 0 Å². The quantitative estimate of drug-likeness (QED) is 0.702. The van der Waals surface area contributed by atoms with Crippen molar-refractivity contribution in [2.75, 3.05) is 0 Å². The van der Waals surface area contributed by atoms with Gasteiger partial charge in [-0.05, 0) is 27.2 Å². The highest BCUT2D eigenvalue weighted by Crippen LogP contribution is 2.09. The standard InChI is InChI=1S/C10H20N2OS/c1-5-6-7(8(11)14)9(13)12-10(2,3)4/h7H,5-6H2,1-4H3,(H2,11,14)(H,12,13). The van der Waals surface area contributed by atoms with Gasteiger partial charge in [0, 0.05) is 5.54 Å². The van der Waals surface area contributed by atoms with E-state index in [1.54, 1.807) is 0 Å². The lowest BCUT2D eigenvalue weighted by Gasteiger charge is -2.24. The predicted molar refractivity (Wildman–Crippen MR) is 63.1 cm³/mol. The molecule has 0 fully saturated rings. The molecule has 1 atom stereocenters. The van der Waals surface area contributed by atoms with Crippen LogP contribution in [0.15, 0.2) is 0 Å². The van der Waals surface area contributed by atoms with E-state index in [0.29, 0.717) is 0 Å². The van der Waals surface area contributed by atoms with Crippen LogP contribution in [0.5, 0.6) is 0 Å². The van der Waals surface area contributed by atoms with Crippen LogP contribution in [0.3, 0.4) is 0 Å². The van der Waals surface area contributed by atoms with Gasteiger partial charge in [0.15, 0.2) is 0 Å². The van der Waals surface area contributed by atoms with Crippen LogP contribution >= 0.6 is 12.2 Å². The Morgan fingerprint density at radius 2 is 2.00 bits per heavy atom. The van der Waals surface area contributed by atoms with Crippen LogP contribution in [0.2, 0.25) is 0 Å². The Morgan fingerprint density at radius 3 is 2.29 bits per heavy atom. The van der Waals surface area contributed by atoms with Crippen LogP contribution < -0.4 is 11.1 Å². The molecule has 0 aliphatic rings. The summed E-state index contributed by atoms with van der Waals surface area (Å²) in [6.07, 6.45) is 1.62. The van der Waals surface area contributed by atoms with Gasteiger partial charge in [-0.1, -0.05) is 25.6 Å². The molecule has 4 heteroatoms. The second kappa shape index (κ2) is 5.29. The summed E-state index contributed by atoms with van der Waals surface area (Å²) >= 11 is 4.86. The molecule has 0 aliphatic carbocycles. The number of hydrogen-bond acceptors (Lipinski definition) is 2. The number of nitrogens with two attached hydrogens (primary N) is 1. The molecule has 0 aromatic carbocycles. The Balaban J connectivity index is 4.38. The summed E-state index contributed by atoms with van der Waals surface area (Å²) < 4.78 is 0. The molecule has 0 spiro atoms. The summed E-state index contributed by atoms with van der Waals surface area (Å²) in [5.41, 5.74) is 5.28. The first-order chi connectivity index (χ1) is 6.28. The van der Waals surface area contributed by atoms with Gasteiger partial charge < -0.3 is 11.1 Å². The van der Waals surface area contributed by atoms with Gasteiger partial charge in [0.25, 0.3) is 0 Å². The molecule has 0 heterocycles. The predicted octanol–water partition coefficient (Wildman–Crippen LogP) is 1.60.